The molecular weight excluding hydrogens is 222 g/mol. The van der Waals surface area contributed by atoms with Gasteiger partial charge in [0.05, 0.1) is 33.1 Å². The van der Waals surface area contributed by atoms with Gasteiger partial charge in [-0.2, -0.15) is 0 Å². The fourth-order valence-corrected chi connectivity index (χ4v) is 3.54. The Labute approximate surface area is 104 Å². The Morgan fingerprint density at radius 2 is 1.73 bits per heavy atom. The number of alkyl halides is 1. The van der Waals surface area contributed by atoms with Crippen LogP contribution in [0.25, 0.3) is 0 Å². The van der Waals surface area contributed by atoms with Crippen molar-refractivity contribution in [3.05, 3.63) is 0 Å². The van der Waals surface area contributed by atoms with Gasteiger partial charge in [0.2, 0.25) is 0 Å². The van der Waals surface area contributed by atoms with Gasteiger partial charge < -0.3 is 4.48 Å². The zero-order chi connectivity index (χ0) is 11.7. The highest BCUT2D eigenvalue weighted by Crippen LogP contribution is 2.15. The van der Waals surface area contributed by atoms with Crippen LogP contribution in [0.5, 0.6) is 0 Å². The van der Waals surface area contributed by atoms with E-state index in [1.165, 1.54) is 41.4 Å². The molecule has 0 aromatic heterocycles. The molecule has 0 unspecified atom stereocenters. The van der Waals surface area contributed by atoms with Crippen LogP contribution in [0, 0.1) is 0 Å². The van der Waals surface area contributed by atoms with Crippen molar-refractivity contribution in [3.8, 4) is 0 Å². The van der Waals surface area contributed by atoms with Crippen molar-refractivity contribution < 1.29 is 4.48 Å². The molecule has 3 heteroatoms. The smallest absolute Gasteiger partial charge is 0.0920 e. The quantitative estimate of drug-likeness (QED) is 0.254. The summed E-state index contributed by atoms with van der Waals surface area (Å²) in [5, 5.41) is 0. The molecule has 0 saturated heterocycles. The van der Waals surface area contributed by atoms with Crippen molar-refractivity contribution in [2.45, 2.75) is 44.7 Å². The van der Waals surface area contributed by atoms with Crippen LogP contribution < -0.4 is 0 Å². The molecule has 0 aliphatic rings. The van der Waals surface area contributed by atoms with Crippen LogP contribution in [0.4, 0.5) is 0 Å². The van der Waals surface area contributed by atoms with E-state index in [-0.39, 0.29) is 0 Å². The van der Waals surface area contributed by atoms with E-state index in [9.17, 15) is 0 Å². The van der Waals surface area contributed by atoms with Gasteiger partial charge >= 0.3 is 0 Å². The minimum Gasteiger partial charge on any atom is -0.328 e. The maximum absolute atomic E-state index is 5.78. The molecule has 0 amide bonds. The van der Waals surface area contributed by atoms with E-state index >= 15 is 0 Å². The molecule has 0 fully saturated rings. The number of rotatable bonds is 9. The molecule has 0 aliphatic carbocycles. The molecule has 0 saturated carbocycles. The molecule has 0 N–H and O–H groups in total. The summed E-state index contributed by atoms with van der Waals surface area (Å²) in [6.07, 6.45) is 4.07. The second-order valence-electron chi connectivity index (χ2n) is 4.89. The summed E-state index contributed by atoms with van der Waals surface area (Å²) in [4.78, 5) is 0. The minimum atomic E-state index is 0.780. The Kier molecular flexibility index (Phi) is 8.87. The molecule has 0 heterocycles. The summed E-state index contributed by atoms with van der Waals surface area (Å²) >= 11 is 5.78. The number of quaternary nitrogens is 1. The van der Waals surface area contributed by atoms with Crippen LogP contribution in [-0.2, 0) is 0 Å². The van der Waals surface area contributed by atoms with E-state index in [1.54, 1.807) is 0 Å². The predicted molar refractivity (Wildman–Crippen MR) is 72.1 cm³/mol. The van der Waals surface area contributed by atoms with E-state index in [4.69, 9.17) is 11.6 Å². The van der Waals surface area contributed by atoms with E-state index in [0.29, 0.717) is 0 Å². The lowest BCUT2D eigenvalue weighted by Gasteiger charge is -2.29. The fraction of sp³-hybridized carbons (Fsp3) is 1.00. The number of nitrogens with zero attached hydrogens (tertiary/aromatic N) is 1. The lowest BCUT2D eigenvalue weighted by molar-refractivity contribution is -0.887. The summed E-state index contributed by atoms with van der Waals surface area (Å²) < 4.78 is 1.08. The molecule has 1 nitrogen and oxygen atoms in total. The summed E-state index contributed by atoms with van der Waals surface area (Å²) in [7, 11) is 5.73. The second kappa shape index (κ2) is 8.60. The maximum Gasteiger partial charge on any atom is 0.0920 e. The van der Waals surface area contributed by atoms with Gasteiger partial charge in [0, 0.05) is 9.52 Å². The van der Waals surface area contributed by atoms with E-state index in [2.05, 4.69) is 27.9 Å². The lowest BCUT2D eigenvalue weighted by atomic mass is 10.3. The highest BCUT2D eigenvalue weighted by atomic mass is 35.5. The van der Waals surface area contributed by atoms with Gasteiger partial charge in [0.1, 0.15) is 0 Å². The first-order valence-corrected chi connectivity index (χ1v) is 7.99. The molecule has 0 rings (SSSR count). The molecule has 2 radical (unpaired) electrons. The SMILES string of the molecule is CCC(CC)[Si]CCC[N+](C)(C)CCCl. The zero-order valence-corrected chi connectivity index (χ0v) is 12.6. The number of hydrogen-bond acceptors (Lipinski definition) is 0. The van der Waals surface area contributed by atoms with Gasteiger partial charge in [-0.1, -0.05) is 32.7 Å². The van der Waals surface area contributed by atoms with Crippen LogP contribution >= 0.6 is 11.6 Å². The molecule has 15 heavy (non-hydrogen) atoms. The Hall–Kier alpha value is 0.467. The Balaban J connectivity index is 3.52. The molecule has 0 spiro atoms. The normalized spacial score (nSPS) is 12.4. The largest absolute Gasteiger partial charge is 0.328 e. The predicted octanol–water partition coefficient (Wildman–Crippen LogP) is 3.42. The average molecular weight is 249 g/mol. The van der Waals surface area contributed by atoms with Gasteiger partial charge in [0.15, 0.2) is 0 Å². The van der Waals surface area contributed by atoms with Crippen molar-refractivity contribution in [2.75, 3.05) is 33.1 Å². The van der Waals surface area contributed by atoms with Gasteiger partial charge in [0.25, 0.3) is 0 Å². The first kappa shape index (κ1) is 15.5. The van der Waals surface area contributed by atoms with Crippen molar-refractivity contribution in [2.24, 2.45) is 0 Å². The molecule has 0 aromatic carbocycles. The Morgan fingerprint density at radius 3 is 2.20 bits per heavy atom. The number of halogens is 1. The molecule has 90 valence electrons. The third-order valence-electron chi connectivity index (χ3n) is 3.05. The van der Waals surface area contributed by atoms with Crippen molar-refractivity contribution >= 4 is 21.1 Å². The third kappa shape index (κ3) is 8.29. The molecule has 0 atom stereocenters. The van der Waals surface area contributed by atoms with Crippen molar-refractivity contribution in [3.63, 3.8) is 0 Å². The third-order valence-corrected chi connectivity index (χ3v) is 5.25. The summed E-state index contributed by atoms with van der Waals surface area (Å²) in [5.74, 6) is 0.780. The second-order valence-corrected chi connectivity index (χ2v) is 7.00. The first-order valence-electron chi connectivity index (χ1n) is 6.17. The van der Waals surface area contributed by atoms with Gasteiger partial charge in [-0.15, -0.1) is 11.6 Å². The highest BCUT2D eigenvalue weighted by molar-refractivity contribution is 6.37. The van der Waals surface area contributed by atoms with Crippen LogP contribution in [0.3, 0.4) is 0 Å². The minimum absolute atomic E-state index is 0.780. The summed E-state index contributed by atoms with van der Waals surface area (Å²) in [6, 6.07) is 1.41. The van der Waals surface area contributed by atoms with Crippen LogP contribution in [0.15, 0.2) is 0 Å². The summed E-state index contributed by atoms with van der Waals surface area (Å²) in [6.45, 7) is 7.00. The van der Waals surface area contributed by atoms with E-state index in [0.717, 1.165) is 22.4 Å². The highest BCUT2D eigenvalue weighted by Gasteiger charge is 2.13. The monoisotopic (exact) mass is 248 g/mol. The molecule has 0 aromatic rings. The summed E-state index contributed by atoms with van der Waals surface area (Å²) in [5.41, 5.74) is 0.980. The van der Waals surface area contributed by atoms with Crippen molar-refractivity contribution in [1.29, 1.82) is 0 Å². The average Bonchev–Trinajstić information content (AvgIpc) is 2.18. The zero-order valence-electron chi connectivity index (χ0n) is 10.9. The number of hydrogen-bond donors (Lipinski definition) is 0. The van der Waals surface area contributed by atoms with E-state index < -0.39 is 0 Å². The standard InChI is InChI=1S/C12H27ClNSi/c1-5-12(6-2)15-11-7-9-14(3,4)10-8-13/h12H,5-11H2,1-4H3/q+1. The maximum atomic E-state index is 5.78. The Morgan fingerprint density at radius 1 is 1.13 bits per heavy atom. The van der Waals surface area contributed by atoms with Gasteiger partial charge in [-0.05, 0) is 12.0 Å². The fourth-order valence-electron chi connectivity index (χ4n) is 1.73. The van der Waals surface area contributed by atoms with Crippen LogP contribution in [0.2, 0.25) is 11.6 Å². The van der Waals surface area contributed by atoms with Crippen LogP contribution in [0.1, 0.15) is 33.1 Å². The Bertz CT molecular complexity index is 147. The molecule has 0 aliphatic heterocycles. The molecular formula is C12H27ClNSi+. The topological polar surface area (TPSA) is 0 Å². The van der Waals surface area contributed by atoms with Crippen molar-refractivity contribution in [1.82, 2.24) is 0 Å². The lowest BCUT2D eigenvalue weighted by Crippen LogP contribution is -2.42. The molecule has 0 bridgehead atoms. The van der Waals surface area contributed by atoms with E-state index in [1.807, 2.05) is 0 Å². The van der Waals surface area contributed by atoms with Gasteiger partial charge in [-0.25, -0.2) is 0 Å². The van der Waals surface area contributed by atoms with Gasteiger partial charge in [-0.3, -0.25) is 0 Å². The first-order chi connectivity index (χ1) is 7.05. The van der Waals surface area contributed by atoms with Crippen LogP contribution in [-0.4, -0.2) is 47.1 Å².